The lowest BCUT2D eigenvalue weighted by molar-refractivity contribution is 0.357. The molecule has 1 aliphatic rings. The summed E-state index contributed by atoms with van der Waals surface area (Å²) in [7, 11) is 0. The molecule has 1 aliphatic heterocycles. The van der Waals surface area contributed by atoms with E-state index >= 15 is 0 Å². The van der Waals surface area contributed by atoms with Gasteiger partial charge in [-0.2, -0.15) is 0 Å². The van der Waals surface area contributed by atoms with Crippen LogP contribution < -0.4 is 10.1 Å². The average Bonchev–Trinajstić information content (AvgIpc) is 2.65. The number of anilines is 1. The molecule has 2 nitrogen and oxygen atoms in total. The van der Waals surface area contributed by atoms with E-state index in [-0.39, 0.29) is 6.67 Å². The fourth-order valence-electron chi connectivity index (χ4n) is 1.60. The maximum atomic E-state index is 11.9. The second-order valence-electron chi connectivity index (χ2n) is 3.39. The van der Waals surface area contributed by atoms with Gasteiger partial charge in [-0.05, 0) is 30.2 Å². The molecule has 1 N–H and O–H groups in total. The highest BCUT2D eigenvalue weighted by Crippen LogP contribution is 2.27. The molecule has 3 heteroatoms. The van der Waals surface area contributed by atoms with Gasteiger partial charge < -0.3 is 10.1 Å². The largest absolute Gasteiger partial charge is 0.493 e. The number of nitrogens with one attached hydrogen (secondary N) is 1. The summed E-state index contributed by atoms with van der Waals surface area (Å²) in [6.45, 7) is 1.21. The Morgan fingerprint density at radius 2 is 2.36 bits per heavy atom. The molecule has 0 saturated heterocycles. The minimum atomic E-state index is -0.263. The van der Waals surface area contributed by atoms with Crippen LogP contribution in [-0.4, -0.2) is 19.8 Å². The highest BCUT2D eigenvalue weighted by atomic mass is 19.1. The predicted octanol–water partition coefficient (Wildman–Crippen LogP) is 2.39. The summed E-state index contributed by atoms with van der Waals surface area (Å²) in [6.07, 6.45) is 1.54. The Bertz CT molecular complexity index is 314. The first-order valence-electron chi connectivity index (χ1n) is 4.96. The van der Waals surface area contributed by atoms with Crippen molar-refractivity contribution in [1.29, 1.82) is 0 Å². The van der Waals surface area contributed by atoms with Crippen molar-refractivity contribution >= 4 is 5.69 Å². The van der Waals surface area contributed by atoms with Gasteiger partial charge in [0.1, 0.15) is 5.75 Å². The SMILES string of the molecule is FCCCNc1ccc2c(c1)CCO2. The molecule has 1 heterocycles. The molecule has 0 spiro atoms. The highest BCUT2D eigenvalue weighted by molar-refractivity contribution is 5.52. The number of alkyl halides is 1. The molecule has 76 valence electrons. The minimum absolute atomic E-state index is 0.263. The molecule has 0 radical (unpaired) electrons. The Morgan fingerprint density at radius 3 is 3.21 bits per heavy atom. The molecule has 1 aromatic rings. The summed E-state index contributed by atoms with van der Waals surface area (Å²) in [6, 6.07) is 6.03. The molecule has 14 heavy (non-hydrogen) atoms. The summed E-state index contributed by atoms with van der Waals surface area (Å²) in [5.41, 5.74) is 2.30. The number of hydrogen-bond donors (Lipinski definition) is 1. The summed E-state index contributed by atoms with van der Waals surface area (Å²) < 4.78 is 17.2. The van der Waals surface area contributed by atoms with Gasteiger partial charge in [0.05, 0.1) is 13.3 Å². The van der Waals surface area contributed by atoms with Gasteiger partial charge in [-0.15, -0.1) is 0 Å². The Morgan fingerprint density at radius 1 is 1.43 bits per heavy atom. The molecule has 0 unspecified atom stereocenters. The van der Waals surface area contributed by atoms with E-state index in [2.05, 4.69) is 11.4 Å². The van der Waals surface area contributed by atoms with Gasteiger partial charge in [-0.1, -0.05) is 0 Å². The van der Waals surface area contributed by atoms with Gasteiger partial charge in [-0.25, -0.2) is 0 Å². The van der Waals surface area contributed by atoms with E-state index in [0.717, 1.165) is 24.5 Å². The first-order valence-corrected chi connectivity index (χ1v) is 4.96. The van der Waals surface area contributed by atoms with Crippen molar-refractivity contribution in [1.82, 2.24) is 0 Å². The fraction of sp³-hybridized carbons (Fsp3) is 0.455. The quantitative estimate of drug-likeness (QED) is 0.745. The smallest absolute Gasteiger partial charge is 0.122 e. The van der Waals surface area contributed by atoms with Gasteiger partial charge in [0.15, 0.2) is 0 Å². The number of rotatable bonds is 4. The van der Waals surface area contributed by atoms with E-state index < -0.39 is 0 Å². The first-order chi connectivity index (χ1) is 6.90. The second-order valence-corrected chi connectivity index (χ2v) is 3.39. The number of hydrogen-bond acceptors (Lipinski definition) is 2. The average molecular weight is 195 g/mol. The third kappa shape index (κ3) is 1.97. The summed E-state index contributed by atoms with van der Waals surface area (Å²) in [4.78, 5) is 0. The van der Waals surface area contributed by atoms with E-state index in [1.807, 2.05) is 12.1 Å². The molecule has 1 aromatic carbocycles. The van der Waals surface area contributed by atoms with Crippen LogP contribution >= 0.6 is 0 Å². The van der Waals surface area contributed by atoms with Crippen LogP contribution in [0.5, 0.6) is 5.75 Å². The van der Waals surface area contributed by atoms with Crippen molar-refractivity contribution < 1.29 is 9.13 Å². The molecule has 2 rings (SSSR count). The van der Waals surface area contributed by atoms with Gasteiger partial charge in [0, 0.05) is 18.7 Å². The molecule has 0 aliphatic carbocycles. The van der Waals surface area contributed by atoms with E-state index in [1.165, 1.54) is 5.56 Å². The predicted molar refractivity (Wildman–Crippen MR) is 54.7 cm³/mol. The van der Waals surface area contributed by atoms with Crippen molar-refractivity contribution in [3.63, 3.8) is 0 Å². The van der Waals surface area contributed by atoms with Crippen molar-refractivity contribution in [2.45, 2.75) is 12.8 Å². The van der Waals surface area contributed by atoms with Gasteiger partial charge in [-0.3, -0.25) is 4.39 Å². The van der Waals surface area contributed by atoms with E-state index in [1.54, 1.807) is 0 Å². The zero-order chi connectivity index (χ0) is 9.80. The van der Waals surface area contributed by atoms with E-state index in [0.29, 0.717) is 13.0 Å². The molecule has 0 bridgehead atoms. The van der Waals surface area contributed by atoms with Crippen LogP contribution in [0, 0.1) is 0 Å². The topological polar surface area (TPSA) is 21.3 Å². The summed E-state index contributed by atoms with van der Waals surface area (Å²) >= 11 is 0. The molecular formula is C11H14FNO. The second kappa shape index (κ2) is 4.31. The lowest BCUT2D eigenvalue weighted by Gasteiger charge is -2.06. The van der Waals surface area contributed by atoms with E-state index in [4.69, 9.17) is 4.74 Å². The van der Waals surface area contributed by atoms with Crippen molar-refractivity contribution in [2.75, 3.05) is 25.1 Å². The van der Waals surface area contributed by atoms with Crippen LogP contribution in [0.25, 0.3) is 0 Å². The Kier molecular flexibility index (Phi) is 2.87. The van der Waals surface area contributed by atoms with Gasteiger partial charge in [0.2, 0.25) is 0 Å². The van der Waals surface area contributed by atoms with Crippen LogP contribution in [0.2, 0.25) is 0 Å². The molecule has 0 atom stereocenters. The Hall–Kier alpha value is -1.25. The monoisotopic (exact) mass is 195 g/mol. The van der Waals surface area contributed by atoms with Crippen molar-refractivity contribution in [3.8, 4) is 5.75 Å². The maximum absolute atomic E-state index is 11.9. The summed E-state index contributed by atoms with van der Waals surface area (Å²) in [5.74, 6) is 0.987. The van der Waals surface area contributed by atoms with Gasteiger partial charge in [0.25, 0.3) is 0 Å². The van der Waals surface area contributed by atoms with Crippen molar-refractivity contribution in [3.05, 3.63) is 23.8 Å². The van der Waals surface area contributed by atoms with Crippen LogP contribution in [0.4, 0.5) is 10.1 Å². The Balaban J connectivity index is 1.98. The third-order valence-electron chi connectivity index (χ3n) is 2.33. The molecular weight excluding hydrogens is 181 g/mol. The van der Waals surface area contributed by atoms with Gasteiger partial charge >= 0.3 is 0 Å². The normalized spacial score (nSPS) is 13.5. The summed E-state index contributed by atoms with van der Waals surface area (Å²) in [5, 5.41) is 3.18. The fourth-order valence-corrected chi connectivity index (χ4v) is 1.60. The molecule has 0 fully saturated rings. The van der Waals surface area contributed by atoms with Crippen LogP contribution in [-0.2, 0) is 6.42 Å². The number of fused-ring (bicyclic) bond motifs is 1. The van der Waals surface area contributed by atoms with Crippen LogP contribution in [0.1, 0.15) is 12.0 Å². The number of halogens is 1. The lowest BCUT2D eigenvalue weighted by atomic mass is 10.1. The molecule has 0 aromatic heterocycles. The zero-order valence-electron chi connectivity index (χ0n) is 8.05. The number of ether oxygens (including phenoxy) is 1. The third-order valence-corrected chi connectivity index (χ3v) is 2.33. The standard InChI is InChI=1S/C11H14FNO/c12-5-1-6-13-10-2-3-11-9(8-10)4-7-14-11/h2-3,8,13H,1,4-7H2. The minimum Gasteiger partial charge on any atom is -0.493 e. The molecule has 0 amide bonds. The van der Waals surface area contributed by atoms with Crippen molar-refractivity contribution in [2.24, 2.45) is 0 Å². The van der Waals surface area contributed by atoms with Crippen LogP contribution in [0.15, 0.2) is 18.2 Å². The first kappa shape index (κ1) is 9.31. The number of benzene rings is 1. The highest BCUT2D eigenvalue weighted by Gasteiger charge is 2.11. The Labute approximate surface area is 83.1 Å². The maximum Gasteiger partial charge on any atom is 0.122 e. The van der Waals surface area contributed by atoms with Crippen LogP contribution in [0.3, 0.4) is 0 Å². The van der Waals surface area contributed by atoms with E-state index in [9.17, 15) is 4.39 Å². The lowest BCUT2D eigenvalue weighted by Crippen LogP contribution is -2.02. The molecule has 0 saturated carbocycles. The zero-order valence-corrected chi connectivity index (χ0v) is 8.05.